The summed E-state index contributed by atoms with van der Waals surface area (Å²) in [5.41, 5.74) is 9.49. The van der Waals surface area contributed by atoms with Gasteiger partial charge in [0.2, 0.25) is 0 Å². The lowest BCUT2D eigenvalue weighted by Gasteiger charge is -2.08. The van der Waals surface area contributed by atoms with Crippen molar-refractivity contribution in [2.75, 3.05) is 13.2 Å². The Morgan fingerprint density at radius 2 is 2.25 bits per heavy atom. The molecule has 1 heterocycles. The van der Waals surface area contributed by atoms with E-state index in [9.17, 15) is 0 Å². The van der Waals surface area contributed by atoms with Gasteiger partial charge in [-0.1, -0.05) is 35.4 Å². The second-order valence-electron chi connectivity index (χ2n) is 3.64. The summed E-state index contributed by atoms with van der Waals surface area (Å²) in [6, 6.07) is 9.69. The number of benzene rings is 1. The minimum absolute atomic E-state index is 0.0478. The Morgan fingerprint density at radius 3 is 2.88 bits per heavy atom. The Balaban J connectivity index is 1.76. The molecule has 1 aromatic carbocycles. The van der Waals surface area contributed by atoms with Crippen LogP contribution in [-0.2, 0) is 16.1 Å². The molecule has 0 bridgehead atoms. The van der Waals surface area contributed by atoms with Crippen molar-refractivity contribution in [2.45, 2.75) is 18.8 Å². The van der Waals surface area contributed by atoms with Gasteiger partial charge in [0.1, 0.15) is 0 Å². The van der Waals surface area contributed by atoms with Gasteiger partial charge < -0.3 is 9.47 Å². The molecule has 5 heteroatoms. The molecule has 1 aliphatic rings. The molecule has 1 saturated heterocycles. The lowest BCUT2D eigenvalue weighted by atomic mass is 10.2. The molecule has 0 saturated carbocycles. The van der Waals surface area contributed by atoms with Gasteiger partial charge in [0.15, 0.2) is 0 Å². The largest absolute Gasteiger partial charge is 0.376 e. The number of nitrogens with zero attached hydrogens (tertiary/aromatic N) is 3. The smallest absolute Gasteiger partial charge is 0.0916 e. The molecule has 16 heavy (non-hydrogen) atoms. The number of epoxide rings is 1. The zero-order chi connectivity index (χ0) is 11.2. The Labute approximate surface area is 93.6 Å². The van der Waals surface area contributed by atoms with Gasteiger partial charge in [-0.25, -0.2) is 0 Å². The molecule has 0 amide bonds. The molecular formula is C11H13N3O2. The van der Waals surface area contributed by atoms with E-state index >= 15 is 0 Å². The summed E-state index contributed by atoms with van der Waals surface area (Å²) in [7, 11) is 0. The standard InChI is InChI=1S/C11H13N3O2/c12-14-13-10(11-8-16-11)7-15-6-9-4-2-1-3-5-9/h1-5,10-11H,6-8H2. The summed E-state index contributed by atoms with van der Waals surface area (Å²) in [6.45, 7) is 1.60. The number of hydrogen-bond acceptors (Lipinski definition) is 3. The van der Waals surface area contributed by atoms with Gasteiger partial charge in [0.05, 0.1) is 32.0 Å². The van der Waals surface area contributed by atoms with Gasteiger partial charge in [-0.15, -0.1) is 0 Å². The van der Waals surface area contributed by atoms with E-state index in [1.807, 2.05) is 30.3 Å². The van der Waals surface area contributed by atoms with Crippen LogP contribution in [0.5, 0.6) is 0 Å². The second-order valence-corrected chi connectivity index (χ2v) is 3.64. The van der Waals surface area contributed by atoms with Crippen LogP contribution in [0.15, 0.2) is 35.4 Å². The van der Waals surface area contributed by atoms with Crippen LogP contribution in [0.25, 0.3) is 10.4 Å². The zero-order valence-corrected chi connectivity index (χ0v) is 8.82. The van der Waals surface area contributed by atoms with Gasteiger partial charge in [-0.05, 0) is 11.1 Å². The van der Waals surface area contributed by atoms with E-state index in [1.165, 1.54) is 0 Å². The SMILES string of the molecule is [N-]=[N+]=NC(COCc1ccccc1)C1CO1. The highest BCUT2D eigenvalue weighted by molar-refractivity contribution is 5.13. The maximum absolute atomic E-state index is 8.38. The van der Waals surface area contributed by atoms with Crippen LogP contribution in [0, 0.1) is 0 Å². The maximum atomic E-state index is 8.38. The number of ether oxygens (including phenoxy) is 2. The van der Waals surface area contributed by atoms with Crippen molar-refractivity contribution < 1.29 is 9.47 Å². The molecule has 84 valence electrons. The fourth-order valence-corrected chi connectivity index (χ4v) is 1.43. The topological polar surface area (TPSA) is 70.5 Å². The fourth-order valence-electron chi connectivity index (χ4n) is 1.43. The second kappa shape index (κ2) is 5.51. The summed E-state index contributed by atoms with van der Waals surface area (Å²) in [5.74, 6) is 0. The Hall–Kier alpha value is -1.55. The first kappa shape index (κ1) is 11.0. The van der Waals surface area contributed by atoms with E-state index in [4.69, 9.17) is 15.0 Å². The first-order chi connectivity index (χ1) is 7.90. The minimum Gasteiger partial charge on any atom is -0.376 e. The molecule has 2 atom stereocenters. The van der Waals surface area contributed by atoms with Crippen LogP contribution in [0.1, 0.15) is 5.56 Å². The van der Waals surface area contributed by atoms with E-state index in [2.05, 4.69) is 10.0 Å². The van der Waals surface area contributed by atoms with Crippen molar-refractivity contribution in [3.63, 3.8) is 0 Å². The normalized spacial score (nSPS) is 19.9. The van der Waals surface area contributed by atoms with E-state index in [0.717, 1.165) is 5.56 Å². The fraction of sp³-hybridized carbons (Fsp3) is 0.455. The third-order valence-corrected chi connectivity index (χ3v) is 2.39. The predicted octanol–water partition coefficient (Wildman–Crippen LogP) is 2.28. The number of hydrogen-bond donors (Lipinski definition) is 0. The van der Waals surface area contributed by atoms with E-state index in [-0.39, 0.29) is 12.1 Å². The monoisotopic (exact) mass is 219 g/mol. The van der Waals surface area contributed by atoms with Crippen LogP contribution >= 0.6 is 0 Å². The molecule has 0 spiro atoms. The molecule has 2 rings (SSSR count). The molecule has 0 aliphatic carbocycles. The summed E-state index contributed by atoms with van der Waals surface area (Å²) in [6.07, 6.45) is 0.0478. The first-order valence-corrected chi connectivity index (χ1v) is 5.17. The Morgan fingerprint density at radius 1 is 1.50 bits per heavy atom. The van der Waals surface area contributed by atoms with E-state index < -0.39 is 0 Å². The van der Waals surface area contributed by atoms with Gasteiger partial charge in [-0.3, -0.25) is 0 Å². The molecule has 5 nitrogen and oxygen atoms in total. The summed E-state index contributed by atoms with van der Waals surface area (Å²) >= 11 is 0. The minimum atomic E-state index is -0.200. The third kappa shape index (κ3) is 3.24. The Bertz CT molecular complexity index is 372. The van der Waals surface area contributed by atoms with Crippen molar-refractivity contribution >= 4 is 0 Å². The van der Waals surface area contributed by atoms with Crippen molar-refractivity contribution in [1.82, 2.24) is 0 Å². The molecule has 1 fully saturated rings. The molecule has 1 aromatic rings. The lowest BCUT2D eigenvalue weighted by Crippen LogP contribution is -2.19. The summed E-state index contributed by atoms with van der Waals surface area (Å²) in [5, 5.41) is 3.65. The molecular weight excluding hydrogens is 206 g/mol. The average Bonchev–Trinajstić information content (AvgIpc) is 3.13. The van der Waals surface area contributed by atoms with E-state index in [1.54, 1.807) is 0 Å². The quantitative estimate of drug-likeness (QED) is 0.318. The Kier molecular flexibility index (Phi) is 3.77. The van der Waals surface area contributed by atoms with Crippen molar-refractivity contribution in [3.8, 4) is 0 Å². The molecule has 1 aliphatic heterocycles. The molecule has 0 aromatic heterocycles. The van der Waals surface area contributed by atoms with Crippen LogP contribution < -0.4 is 0 Å². The van der Waals surface area contributed by atoms with Gasteiger partial charge >= 0.3 is 0 Å². The highest BCUT2D eigenvalue weighted by Gasteiger charge is 2.32. The van der Waals surface area contributed by atoms with Gasteiger partial charge in [0, 0.05) is 4.91 Å². The number of azide groups is 1. The first-order valence-electron chi connectivity index (χ1n) is 5.17. The summed E-state index contributed by atoms with van der Waals surface area (Å²) < 4.78 is 10.6. The highest BCUT2D eigenvalue weighted by Crippen LogP contribution is 2.18. The van der Waals surface area contributed by atoms with Crippen LogP contribution in [0.2, 0.25) is 0 Å². The molecule has 0 radical (unpaired) electrons. The number of rotatable bonds is 6. The van der Waals surface area contributed by atoms with Crippen LogP contribution in [0.3, 0.4) is 0 Å². The lowest BCUT2D eigenvalue weighted by molar-refractivity contribution is 0.100. The maximum Gasteiger partial charge on any atom is 0.0916 e. The van der Waals surface area contributed by atoms with Crippen LogP contribution in [0.4, 0.5) is 0 Å². The average molecular weight is 219 g/mol. The highest BCUT2D eigenvalue weighted by atomic mass is 16.6. The zero-order valence-electron chi connectivity index (χ0n) is 8.82. The van der Waals surface area contributed by atoms with Crippen molar-refractivity contribution in [1.29, 1.82) is 0 Å². The van der Waals surface area contributed by atoms with Crippen molar-refractivity contribution in [3.05, 3.63) is 46.3 Å². The van der Waals surface area contributed by atoms with Gasteiger partial charge in [-0.2, -0.15) is 0 Å². The molecule has 2 unspecified atom stereocenters. The predicted molar refractivity (Wildman–Crippen MR) is 58.8 cm³/mol. The summed E-state index contributed by atoms with van der Waals surface area (Å²) in [4.78, 5) is 2.79. The van der Waals surface area contributed by atoms with Crippen molar-refractivity contribution in [2.24, 2.45) is 5.11 Å². The van der Waals surface area contributed by atoms with Gasteiger partial charge in [0.25, 0.3) is 0 Å². The molecule has 0 N–H and O–H groups in total. The third-order valence-electron chi connectivity index (χ3n) is 2.39. The van der Waals surface area contributed by atoms with Crippen LogP contribution in [-0.4, -0.2) is 25.4 Å². The van der Waals surface area contributed by atoms with E-state index in [0.29, 0.717) is 19.8 Å².